The minimum atomic E-state index is -2.26. The van der Waals surface area contributed by atoms with Crippen LogP contribution in [0.15, 0.2) is 0 Å². The highest BCUT2D eigenvalue weighted by molar-refractivity contribution is 4.76. The Kier molecular flexibility index (Phi) is 5.42. The number of nitrogens with zero attached hydrogens (tertiary/aromatic N) is 1. The fourth-order valence-corrected chi connectivity index (χ4v) is 1.95. The third-order valence-electron chi connectivity index (χ3n) is 2.59. The molecule has 1 heterocycles. The number of likely N-dealkylation sites (N-methyl/N-ethyl adjacent to an activating group) is 2. The van der Waals surface area contributed by atoms with E-state index >= 15 is 0 Å². The van der Waals surface area contributed by atoms with Gasteiger partial charge in [-0.1, -0.05) is 0 Å². The topological polar surface area (TPSA) is 24.5 Å². The zero-order valence-corrected chi connectivity index (χ0v) is 9.38. The van der Waals surface area contributed by atoms with Gasteiger partial charge in [-0.25, -0.2) is 8.78 Å². The molecule has 1 rings (SSSR count). The first-order chi connectivity index (χ1) is 7.11. The van der Waals surface area contributed by atoms with Crippen LogP contribution in [0.3, 0.4) is 0 Å². The lowest BCUT2D eigenvalue weighted by molar-refractivity contribution is 0.0165. The van der Waals surface area contributed by atoms with E-state index in [4.69, 9.17) is 4.74 Å². The first kappa shape index (κ1) is 12.8. The summed E-state index contributed by atoms with van der Waals surface area (Å²) in [6.07, 6.45) is 0.102. The summed E-state index contributed by atoms with van der Waals surface area (Å²) in [6, 6.07) is 0. The summed E-state index contributed by atoms with van der Waals surface area (Å²) < 4.78 is 29.8. The molecule has 15 heavy (non-hydrogen) atoms. The van der Waals surface area contributed by atoms with Crippen molar-refractivity contribution in [2.45, 2.75) is 31.5 Å². The van der Waals surface area contributed by atoms with Crippen molar-refractivity contribution >= 4 is 0 Å². The maximum atomic E-state index is 12.1. The van der Waals surface area contributed by atoms with Crippen LogP contribution < -0.4 is 5.32 Å². The van der Waals surface area contributed by atoms with Gasteiger partial charge < -0.3 is 10.1 Å². The van der Waals surface area contributed by atoms with Crippen molar-refractivity contribution in [1.29, 1.82) is 0 Å². The van der Waals surface area contributed by atoms with Crippen molar-refractivity contribution in [1.82, 2.24) is 10.2 Å². The van der Waals surface area contributed by atoms with Crippen molar-refractivity contribution in [3.8, 4) is 0 Å². The fraction of sp³-hybridized carbons (Fsp3) is 1.00. The number of ether oxygens (including phenoxy) is 1. The molecule has 0 bridgehead atoms. The van der Waals surface area contributed by atoms with E-state index < -0.39 is 6.43 Å². The van der Waals surface area contributed by atoms with Crippen LogP contribution in [0.1, 0.15) is 12.8 Å². The van der Waals surface area contributed by atoms with Crippen molar-refractivity contribution in [3.63, 3.8) is 0 Å². The summed E-state index contributed by atoms with van der Waals surface area (Å²) in [7, 11) is 3.60. The van der Waals surface area contributed by atoms with Crippen LogP contribution in [0.5, 0.6) is 0 Å². The van der Waals surface area contributed by atoms with Gasteiger partial charge in [0.25, 0.3) is 6.43 Å². The van der Waals surface area contributed by atoms with Crippen LogP contribution >= 0.6 is 0 Å². The van der Waals surface area contributed by atoms with Crippen molar-refractivity contribution in [3.05, 3.63) is 0 Å². The number of hydrogen-bond acceptors (Lipinski definition) is 3. The van der Waals surface area contributed by atoms with Gasteiger partial charge in [0, 0.05) is 13.1 Å². The van der Waals surface area contributed by atoms with Crippen LogP contribution in [0.25, 0.3) is 0 Å². The van der Waals surface area contributed by atoms with Gasteiger partial charge in [-0.05, 0) is 26.9 Å². The standard InChI is InChI=1S/C10H20F2N2O/c1-13-5-8-3-4-9(15-8)6-14(2)7-10(11)12/h8-10,13H,3-7H2,1-2H3. The second kappa shape index (κ2) is 6.35. The molecule has 0 aromatic heterocycles. The van der Waals surface area contributed by atoms with Gasteiger partial charge in [-0.15, -0.1) is 0 Å². The average Bonchev–Trinajstić information content (AvgIpc) is 2.51. The van der Waals surface area contributed by atoms with E-state index in [1.165, 1.54) is 0 Å². The minimum absolute atomic E-state index is 0.118. The molecule has 90 valence electrons. The SMILES string of the molecule is CNCC1CCC(CN(C)CC(F)F)O1. The second-order valence-electron chi connectivity index (χ2n) is 4.13. The lowest BCUT2D eigenvalue weighted by Crippen LogP contribution is -2.33. The van der Waals surface area contributed by atoms with Crippen LogP contribution in [0, 0.1) is 0 Å². The Morgan fingerprint density at radius 1 is 1.40 bits per heavy atom. The summed E-state index contributed by atoms with van der Waals surface area (Å²) in [4.78, 5) is 1.64. The first-order valence-corrected chi connectivity index (χ1v) is 5.38. The molecule has 1 aliphatic rings. The normalized spacial score (nSPS) is 26.8. The highest BCUT2D eigenvalue weighted by Gasteiger charge is 2.25. The summed E-state index contributed by atoms with van der Waals surface area (Å²) in [6.45, 7) is 1.27. The Morgan fingerprint density at radius 2 is 2.07 bits per heavy atom. The van der Waals surface area contributed by atoms with Crippen molar-refractivity contribution < 1.29 is 13.5 Å². The Hall–Kier alpha value is -0.260. The Labute approximate surface area is 89.8 Å². The Bertz CT molecular complexity index is 181. The molecule has 2 unspecified atom stereocenters. The van der Waals surface area contributed by atoms with Crippen LogP contribution in [0.2, 0.25) is 0 Å². The van der Waals surface area contributed by atoms with Crippen molar-refractivity contribution in [2.75, 3.05) is 33.7 Å². The van der Waals surface area contributed by atoms with E-state index in [1.807, 2.05) is 7.05 Å². The summed E-state index contributed by atoms with van der Waals surface area (Å²) in [5.74, 6) is 0. The molecule has 1 N–H and O–H groups in total. The second-order valence-corrected chi connectivity index (χ2v) is 4.13. The summed E-state index contributed by atoms with van der Waals surface area (Å²) >= 11 is 0. The van der Waals surface area contributed by atoms with Gasteiger partial charge in [-0.3, -0.25) is 4.90 Å². The molecule has 0 aromatic rings. The maximum absolute atomic E-state index is 12.1. The van der Waals surface area contributed by atoms with Gasteiger partial charge in [0.1, 0.15) is 0 Å². The zero-order valence-electron chi connectivity index (χ0n) is 9.38. The number of nitrogens with one attached hydrogen (secondary N) is 1. The molecule has 2 atom stereocenters. The molecule has 0 radical (unpaired) electrons. The van der Waals surface area contributed by atoms with Gasteiger partial charge >= 0.3 is 0 Å². The lowest BCUT2D eigenvalue weighted by atomic mass is 10.2. The lowest BCUT2D eigenvalue weighted by Gasteiger charge is -2.20. The average molecular weight is 222 g/mol. The third kappa shape index (κ3) is 4.86. The van der Waals surface area contributed by atoms with E-state index in [2.05, 4.69) is 5.32 Å². The van der Waals surface area contributed by atoms with E-state index in [1.54, 1.807) is 11.9 Å². The molecule has 0 aliphatic carbocycles. The largest absolute Gasteiger partial charge is 0.372 e. The molecule has 1 aliphatic heterocycles. The quantitative estimate of drug-likeness (QED) is 0.724. The minimum Gasteiger partial charge on any atom is -0.372 e. The van der Waals surface area contributed by atoms with E-state index in [-0.39, 0.29) is 18.8 Å². The van der Waals surface area contributed by atoms with E-state index in [0.29, 0.717) is 6.54 Å². The van der Waals surface area contributed by atoms with Crippen LogP contribution in [-0.4, -0.2) is 57.3 Å². The molecular weight excluding hydrogens is 202 g/mol. The molecule has 1 fully saturated rings. The van der Waals surface area contributed by atoms with E-state index in [9.17, 15) is 8.78 Å². The van der Waals surface area contributed by atoms with Crippen molar-refractivity contribution in [2.24, 2.45) is 0 Å². The highest BCUT2D eigenvalue weighted by Crippen LogP contribution is 2.19. The predicted molar refractivity (Wildman–Crippen MR) is 55.3 cm³/mol. The molecule has 0 amide bonds. The van der Waals surface area contributed by atoms with Gasteiger partial charge in [0.15, 0.2) is 0 Å². The van der Waals surface area contributed by atoms with Gasteiger partial charge in [-0.2, -0.15) is 0 Å². The van der Waals surface area contributed by atoms with Gasteiger partial charge in [0.05, 0.1) is 18.8 Å². The Morgan fingerprint density at radius 3 is 2.67 bits per heavy atom. The first-order valence-electron chi connectivity index (χ1n) is 5.38. The number of hydrogen-bond donors (Lipinski definition) is 1. The Balaban J connectivity index is 2.17. The zero-order chi connectivity index (χ0) is 11.3. The van der Waals surface area contributed by atoms with Crippen LogP contribution in [0.4, 0.5) is 8.78 Å². The summed E-state index contributed by atoms with van der Waals surface area (Å²) in [5, 5.41) is 3.06. The molecular formula is C10H20F2N2O. The molecule has 3 nitrogen and oxygen atoms in total. The van der Waals surface area contributed by atoms with Gasteiger partial charge in [0.2, 0.25) is 0 Å². The smallest absolute Gasteiger partial charge is 0.251 e. The molecule has 5 heteroatoms. The molecule has 1 saturated heterocycles. The molecule has 0 aromatic carbocycles. The molecule has 0 saturated carbocycles. The van der Waals surface area contributed by atoms with Crippen LogP contribution in [-0.2, 0) is 4.74 Å². The summed E-state index contributed by atoms with van der Waals surface area (Å²) in [5.41, 5.74) is 0. The number of rotatable bonds is 6. The third-order valence-corrected chi connectivity index (χ3v) is 2.59. The monoisotopic (exact) mass is 222 g/mol. The fourth-order valence-electron chi connectivity index (χ4n) is 1.95. The number of alkyl halides is 2. The maximum Gasteiger partial charge on any atom is 0.251 e. The number of halogens is 2. The molecule has 0 spiro atoms. The van der Waals surface area contributed by atoms with E-state index in [0.717, 1.165) is 19.4 Å². The highest BCUT2D eigenvalue weighted by atomic mass is 19.3. The predicted octanol–water partition coefficient (Wildman–Crippen LogP) is 0.950.